The van der Waals surface area contributed by atoms with Crippen molar-refractivity contribution in [2.24, 2.45) is 5.92 Å². The van der Waals surface area contributed by atoms with Crippen molar-refractivity contribution >= 4 is 0 Å². The maximum atomic E-state index is 5.92. The van der Waals surface area contributed by atoms with Gasteiger partial charge in [0.25, 0.3) is 0 Å². The Kier molecular flexibility index (Phi) is 4.88. The van der Waals surface area contributed by atoms with Gasteiger partial charge in [-0.25, -0.2) is 0 Å². The lowest BCUT2D eigenvalue weighted by Crippen LogP contribution is -2.30. The number of piperidine rings is 1. The van der Waals surface area contributed by atoms with E-state index < -0.39 is 0 Å². The molecule has 3 heteroatoms. The molecule has 0 unspecified atom stereocenters. The van der Waals surface area contributed by atoms with Gasteiger partial charge >= 0.3 is 0 Å². The first-order valence-corrected chi connectivity index (χ1v) is 6.85. The SMILES string of the molecule is CC(C)Oc1ccccc1OCC1CCNCC1. The summed E-state index contributed by atoms with van der Waals surface area (Å²) in [6, 6.07) is 7.93. The van der Waals surface area contributed by atoms with E-state index in [1.54, 1.807) is 0 Å². The highest BCUT2D eigenvalue weighted by atomic mass is 16.5. The predicted octanol–water partition coefficient (Wildman–Crippen LogP) is 2.85. The van der Waals surface area contributed by atoms with Crippen LogP contribution in [-0.4, -0.2) is 25.8 Å². The summed E-state index contributed by atoms with van der Waals surface area (Å²) in [5, 5.41) is 3.37. The number of rotatable bonds is 5. The highest BCUT2D eigenvalue weighted by Gasteiger charge is 2.14. The Bertz CT molecular complexity index is 359. The van der Waals surface area contributed by atoms with Crippen LogP contribution in [0.2, 0.25) is 0 Å². The van der Waals surface area contributed by atoms with Crippen LogP contribution < -0.4 is 14.8 Å². The lowest BCUT2D eigenvalue weighted by Gasteiger charge is -2.23. The third-order valence-corrected chi connectivity index (χ3v) is 3.15. The smallest absolute Gasteiger partial charge is 0.161 e. The molecule has 1 aromatic carbocycles. The minimum atomic E-state index is 0.175. The van der Waals surface area contributed by atoms with Crippen molar-refractivity contribution in [3.05, 3.63) is 24.3 Å². The number of nitrogens with one attached hydrogen (secondary N) is 1. The van der Waals surface area contributed by atoms with Crippen LogP contribution in [0.3, 0.4) is 0 Å². The van der Waals surface area contributed by atoms with Crippen LogP contribution >= 0.6 is 0 Å². The van der Waals surface area contributed by atoms with Gasteiger partial charge in [0.15, 0.2) is 11.5 Å². The maximum absolute atomic E-state index is 5.92. The van der Waals surface area contributed by atoms with Gasteiger partial charge in [-0.2, -0.15) is 0 Å². The second kappa shape index (κ2) is 6.64. The van der Waals surface area contributed by atoms with Crippen LogP contribution in [0.4, 0.5) is 0 Å². The summed E-state index contributed by atoms with van der Waals surface area (Å²) in [6.07, 6.45) is 2.58. The minimum absolute atomic E-state index is 0.175. The van der Waals surface area contributed by atoms with Crippen LogP contribution in [0.5, 0.6) is 11.5 Å². The molecule has 0 spiro atoms. The fourth-order valence-corrected chi connectivity index (χ4v) is 2.18. The molecule has 0 aliphatic carbocycles. The molecule has 0 aromatic heterocycles. The van der Waals surface area contributed by atoms with Crippen LogP contribution in [0.15, 0.2) is 24.3 Å². The van der Waals surface area contributed by atoms with Gasteiger partial charge in [-0.15, -0.1) is 0 Å². The molecule has 1 fully saturated rings. The Balaban J connectivity index is 1.91. The molecular formula is C15H23NO2. The Morgan fingerprint density at radius 3 is 2.50 bits per heavy atom. The summed E-state index contributed by atoms with van der Waals surface area (Å²) >= 11 is 0. The number of benzene rings is 1. The summed E-state index contributed by atoms with van der Waals surface area (Å²) in [6.45, 7) is 7.07. The molecule has 18 heavy (non-hydrogen) atoms. The molecule has 3 nitrogen and oxygen atoms in total. The van der Waals surface area contributed by atoms with Crippen LogP contribution in [-0.2, 0) is 0 Å². The largest absolute Gasteiger partial charge is 0.489 e. The topological polar surface area (TPSA) is 30.5 Å². The summed E-state index contributed by atoms with van der Waals surface area (Å²) in [5.41, 5.74) is 0. The molecule has 1 aliphatic rings. The predicted molar refractivity (Wildman–Crippen MR) is 73.3 cm³/mol. The lowest BCUT2D eigenvalue weighted by atomic mass is 9.99. The van der Waals surface area contributed by atoms with Crippen molar-refractivity contribution in [1.82, 2.24) is 5.32 Å². The number of ether oxygens (including phenoxy) is 2. The highest BCUT2D eigenvalue weighted by Crippen LogP contribution is 2.28. The van der Waals surface area contributed by atoms with E-state index in [2.05, 4.69) is 5.32 Å². The van der Waals surface area contributed by atoms with E-state index in [0.29, 0.717) is 5.92 Å². The monoisotopic (exact) mass is 249 g/mol. The van der Waals surface area contributed by atoms with Gasteiger partial charge in [0, 0.05) is 0 Å². The molecule has 0 radical (unpaired) electrons. The quantitative estimate of drug-likeness (QED) is 0.870. The van der Waals surface area contributed by atoms with Gasteiger partial charge in [-0.3, -0.25) is 0 Å². The van der Waals surface area contributed by atoms with E-state index >= 15 is 0 Å². The average molecular weight is 249 g/mol. The Hall–Kier alpha value is -1.22. The molecule has 100 valence electrons. The number of hydrogen-bond donors (Lipinski definition) is 1. The first-order valence-electron chi connectivity index (χ1n) is 6.85. The van der Waals surface area contributed by atoms with Crippen LogP contribution in [0.25, 0.3) is 0 Å². The van der Waals surface area contributed by atoms with Crippen LogP contribution in [0, 0.1) is 5.92 Å². The molecule has 0 saturated carbocycles. The molecule has 0 atom stereocenters. The normalized spacial score (nSPS) is 16.8. The van der Waals surface area contributed by atoms with Gasteiger partial charge < -0.3 is 14.8 Å². The second-order valence-electron chi connectivity index (χ2n) is 5.12. The van der Waals surface area contributed by atoms with Crippen molar-refractivity contribution in [2.75, 3.05) is 19.7 Å². The van der Waals surface area contributed by atoms with Crippen molar-refractivity contribution < 1.29 is 9.47 Å². The number of para-hydroxylation sites is 2. The summed E-state index contributed by atoms with van der Waals surface area (Å²) in [4.78, 5) is 0. The van der Waals surface area contributed by atoms with Gasteiger partial charge in [-0.1, -0.05) is 12.1 Å². The molecule has 1 aromatic rings. The summed E-state index contributed by atoms with van der Waals surface area (Å²) < 4.78 is 11.7. The first-order chi connectivity index (χ1) is 8.75. The molecule has 1 saturated heterocycles. The van der Waals surface area contributed by atoms with Crippen molar-refractivity contribution in [2.45, 2.75) is 32.8 Å². The van der Waals surface area contributed by atoms with E-state index in [0.717, 1.165) is 31.2 Å². The Morgan fingerprint density at radius 1 is 1.17 bits per heavy atom. The Morgan fingerprint density at radius 2 is 1.83 bits per heavy atom. The van der Waals surface area contributed by atoms with Crippen molar-refractivity contribution in [3.63, 3.8) is 0 Å². The van der Waals surface area contributed by atoms with E-state index in [1.165, 1.54) is 12.8 Å². The summed E-state index contributed by atoms with van der Waals surface area (Å²) in [7, 11) is 0. The fraction of sp³-hybridized carbons (Fsp3) is 0.600. The van der Waals surface area contributed by atoms with Crippen LogP contribution in [0.1, 0.15) is 26.7 Å². The molecule has 0 bridgehead atoms. The van der Waals surface area contributed by atoms with Gasteiger partial charge in [0.1, 0.15) is 0 Å². The average Bonchev–Trinajstić information content (AvgIpc) is 2.38. The van der Waals surface area contributed by atoms with Crippen molar-refractivity contribution in [1.29, 1.82) is 0 Å². The van der Waals surface area contributed by atoms with E-state index in [4.69, 9.17) is 9.47 Å². The zero-order valence-electron chi connectivity index (χ0n) is 11.3. The molecule has 2 rings (SSSR count). The first kappa shape index (κ1) is 13.2. The summed E-state index contributed by atoms with van der Waals surface area (Å²) in [5.74, 6) is 2.38. The lowest BCUT2D eigenvalue weighted by molar-refractivity contribution is 0.190. The molecule has 0 amide bonds. The van der Waals surface area contributed by atoms with E-state index in [1.807, 2.05) is 38.1 Å². The maximum Gasteiger partial charge on any atom is 0.161 e. The molecular weight excluding hydrogens is 226 g/mol. The van der Waals surface area contributed by atoms with Gasteiger partial charge in [0.05, 0.1) is 12.7 Å². The molecule has 1 aliphatic heterocycles. The zero-order valence-corrected chi connectivity index (χ0v) is 11.3. The van der Waals surface area contributed by atoms with E-state index in [9.17, 15) is 0 Å². The highest BCUT2D eigenvalue weighted by molar-refractivity contribution is 5.39. The van der Waals surface area contributed by atoms with E-state index in [-0.39, 0.29) is 6.10 Å². The second-order valence-corrected chi connectivity index (χ2v) is 5.12. The Labute approximate surface area is 109 Å². The standard InChI is InChI=1S/C15H23NO2/c1-12(2)18-15-6-4-3-5-14(15)17-11-13-7-9-16-10-8-13/h3-6,12-13,16H,7-11H2,1-2H3. The van der Waals surface area contributed by atoms with Gasteiger partial charge in [-0.05, 0) is 57.8 Å². The minimum Gasteiger partial charge on any atom is -0.489 e. The molecule has 1 N–H and O–H groups in total. The third-order valence-electron chi connectivity index (χ3n) is 3.15. The molecule has 1 heterocycles. The van der Waals surface area contributed by atoms with Gasteiger partial charge in [0.2, 0.25) is 0 Å². The third kappa shape index (κ3) is 3.91. The zero-order chi connectivity index (χ0) is 12.8. The number of hydrogen-bond acceptors (Lipinski definition) is 3. The van der Waals surface area contributed by atoms with Crippen molar-refractivity contribution in [3.8, 4) is 11.5 Å². The fourth-order valence-electron chi connectivity index (χ4n) is 2.18.